The van der Waals surface area contributed by atoms with Crippen LogP contribution < -0.4 is 9.64 Å². The van der Waals surface area contributed by atoms with Gasteiger partial charge in [-0.1, -0.05) is 18.2 Å². The number of hydrogen-bond acceptors (Lipinski definition) is 4. The van der Waals surface area contributed by atoms with Crippen molar-refractivity contribution in [1.82, 2.24) is 0 Å². The van der Waals surface area contributed by atoms with E-state index in [0.29, 0.717) is 11.3 Å². The van der Waals surface area contributed by atoms with E-state index in [9.17, 15) is 14.0 Å². The molecule has 5 heteroatoms. The summed E-state index contributed by atoms with van der Waals surface area (Å²) in [6, 6.07) is 11.7. The molecule has 0 spiro atoms. The summed E-state index contributed by atoms with van der Waals surface area (Å²) in [6.07, 6.45) is 5.52. The van der Waals surface area contributed by atoms with E-state index >= 15 is 0 Å². The Labute approximate surface area is 158 Å². The predicted molar refractivity (Wildman–Crippen MR) is 106 cm³/mol. The Bertz CT molecular complexity index is 868. The molecule has 0 aliphatic heterocycles. The Balaban J connectivity index is 1.95. The number of allylic oxidation sites excluding steroid dienone is 2. The molecule has 2 aromatic carbocycles. The highest BCUT2D eigenvalue weighted by molar-refractivity contribution is 6.10. The molecule has 0 fully saturated rings. The summed E-state index contributed by atoms with van der Waals surface area (Å²) in [5, 5.41) is 0. The molecule has 4 nitrogen and oxygen atoms in total. The summed E-state index contributed by atoms with van der Waals surface area (Å²) >= 11 is 0. The fourth-order valence-electron chi connectivity index (χ4n) is 2.38. The first-order valence-electron chi connectivity index (χ1n) is 8.42. The Kier molecular flexibility index (Phi) is 7.06. The molecule has 0 atom stereocenters. The Morgan fingerprint density at radius 1 is 1.00 bits per heavy atom. The number of rotatable bonds is 8. The lowest BCUT2D eigenvalue weighted by molar-refractivity contribution is -0.121. The van der Waals surface area contributed by atoms with E-state index in [1.54, 1.807) is 6.08 Å². The zero-order chi connectivity index (χ0) is 19.8. The van der Waals surface area contributed by atoms with Gasteiger partial charge < -0.3 is 9.64 Å². The number of carbonyl (C=O) groups excluding carboxylic acids is 2. The highest BCUT2D eigenvalue weighted by Crippen LogP contribution is 2.20. The molecule has 0 amide bonds. The van der Waals surface area contributed by atoms with Crippen LogP contribution in [0.4, 0.5) is 10.1 Å². The van der Waals surface area contributed by atoms with E-state index in [-0.39, 0.29) is 18.0 Å². The molecule has 0 aliphatic rings. The van der Waals surface area contributed by atoms with Crippen molar-refractivity contribution in [3.05, 3.63) is 71.6 Å². The van der Waals surface area contributed by atoms with Crippen molar-refractivity contribution in [2.24, 2.45) is 0 Å². The first kappa shape index (κ1) is 20.1. The second kappa shape index (κ2) is 9.48. The number of nitrogens with zero attached hydrogens (tertiary/aromatic N) is 1. The Morgan fingerprint density at radius 2 is 1.63 bits per heavy atom. The van der Waals surface area contributed by atoms with Gasteiger partial charge in [-0.15, -0.1) is 0 Å². The third-order valence-electron chi connectivity index (χ3n) is 3.86. The van der Waals surface area contributed by atoms with Gasteiger partial charge in [0.2, 0.25) is 0 Å². The third kappa shape index (κ3) is 6.22. The number of benzene rings is 2. The molecule has 0 aromatic heterocycles. The van der Waals surface area contributed by atoms with Gasteiger partial charge in [-0.2, -0.15) is 0 Å². The van der Waals surface area contributed by atoms with Gasteiger partial charge >= 0.3 is 0 Å². The van der Waals surface area contributed by atoms with Crippen molar-refractivity contribution < 1.29 is 18.7 Å². The monoisotopic (exact) mass is 367 g/mol. The van der Waals surface area contributed by atoms with Gasteiger partial charge in [0, 0.05) is 25.3 Å². The normalized spacial score (nSPS) is 11.1. The minimum atomic E-state index is -0.429. The van der Waals surface area contributed by atoms with Crippen LogP contribution in [0.2, 0.25) is 0 Å². The molecule has 27 heavy (non-hydrogen) atoms. The lowest BCUT2D eigenvalue weighted by Crippen LogP contribution is -2.07. The molecule has 2 rings (SSSR count). The maximum Gasteiger partial charge on any atom is 0.163 e. The largest absolute Gasteiger partial charge is 0.496 e. The van der Waals surface area contributed by atoms with Crippen LogP contribution in [-0.4, -0.2) is 32.8 Å². The van der Waals surface area contributed by atoms with Crippen molar-refractivity contribution in [2.45, 2.75) is 6.42 Å². The van der Waals surface area contributed by atoms with Crippen molar-refractivity contribution in [1.29, 1.82) is 0 Å². The van der Waals surface area contributed by atoms with Crippen LogP contribution in [0.25, 0.3) is 12.2 Å². The van der Waals surface area contributed by atoms with E-state index in [4.69, 9.17) is 4.74 Å². The molecule has 0 unspecified atom stereocenters. The average Bonchev–Trinajstić information content (AvgIpc) is 2.65. The van der Waals surface area contributed by atoms with Gasteiger partial charge in [0.15, 0.2) is 11.6 Å². The zero-order valence-corrected chi connectivity index (χ0v) is 15.6. The summed E-state index contributed by atoms with van der Waals surface area (Å²) in [5.74, 6) is -0.637. The highest BCUT2D eigenvalue weighted by atomic mass is 19.1. The van der Waals surface area contributed by atoms with Gasteiger partial charge in [0.25, 0.3) is 0 Å². The SMILES string of the molecule is COc1ccc(F)cc1/C=C/C(=O)CC(=O)/C=C/c1ccc(N(C)C)cc1. The predicted octanol–water partition coefficient (Wildman–Crippen LogP) is 4.16. The van der Waals surface area contributed by atoms with Crippen LogP contribution in [-0.2, 0) is 9.59 Å². The van der Waals surface area contributed by atoms with Crippen LogP contribution in [0.1, 0.15) is 17.5 Å². The molecule has 0 saturated carbocycles. The first-order valence-corrected chi connectivity index (χ1v) is 8.42. The molecule has 0 bridgehead atoms. The number of ether oxygens (including phenoxy) is 1. The molecule has 0 N–H and O–H groups in total. The van der Waals surface area contributed by atoms with Gasteiger partial charge in [0.1, 0.15) is 11.6 Å². The van der Waals surface area contributed by atoms with E-state index in [0.717, 1.165) is 11.3 Å². The standard InChI is InChI=1S/C22H22FNO3/c1-24(2)19-9-4-16(5-10-19)6-11-20(25)15-21(26)12-7-17-14-18(23)8-13-22(17)27-3/h4-14H,15H2,1-3H3/b11-6+,12-7+. The van der Waals surface area contributed by atoms with Crippen LogP contribution in [0.15, 0.2) is 54.6 Å². The highest BCUT2D eigenvalue weighted by Gasteiger charge is 2.06. The fourth-order valence-corrected chi connectivity index (χ4v) is 2.38. The van der Waals surface area contributed by atoms with E-state index in [2.05, 4.69) is 0 Å². The molecular weight excluding hydrogens is 345 g/mol. The minimum absolute atomic E-state index is 0.250. The zero-order valence-electron chi connectivity index (χ0n) is 15.6. The van der Waals surface area contributed by atoms with Crippen molar-refractivity contribution >= 4 is 29.4 Å². The molecule has 2 aromatic rings. The average molecular weight is 367 g/mol. The van der Waals surface area contributed by atoms with Crippen LogP contribution in [0.5, 0.6) is 5.75 Å². The Hall–Kier alpha value is -3.21. The number of halogens is 1. The minimum Gasteiger partial charge on any atom is -0.496 e. The first-order chi connectivity index (χ1) is 12.9. The van der Waals surface area contributed by atoms with E-state index in [1.165, 1.54) is 43.5 Å². The quantitative estimate of drug-likeness (QED) is 0.519. The second-order valence-corrected chi connectivity index (χ2v) is 6.15. The number of ketones is 2. The lowest BCUT2D eigenvalue weighted by atomic mass is 10.1. The van der Waals surface area contributed by atoms with Crippen LogP contribution >= 0.6 is 0 Å². The Morgan fingerprint density at radius 3 is 2.22 bits per heavy atom. The molecule has 0 saturated heterocycles. The molecule has 0 heterocycles. The lowest BCUT2D eigenvalue weighted by Gasteiger charge is -2.11. The maximum absolute atomic E-state index is 13.3. The van der Waals surface area contributed by atoms with E-state index < -0.39 is 5.82 Å². The third-order valence-corrected chi connectivity index (χ3v) is 3.86. The molecule has 140 valence electrons. The second-order valence-electron chi connectivity index (χ2n) is 6.15. The number of carbonyl (C=O) groups is 2. The summed E-state index contributed by atoms with van der Waals surface area (Å²) < 4.78 is 18.4. The summed E-state index contributed by atoms with van der Waals surface area (Å²) in [7, 11) is 5.37. The van der Waals surface area contributed by atoms with Gasteiger partial charge in [-0.3, -0.25) is 9.59 Å². The topological polar surface area (TPSA) is 46.6 Å². The number of hydrogen-bond donors (Lipinski definition) is 0. The molecule has 0 radical (unpaired) electrons. The van der Waals surface area contributed by atoms with Gasteiger partial charge in [-0.25, -0.2) is 4.39 Å². The van der Waals surface area contributed by atoms with Crippen molar-refractivity contribution in [3.8, 4) is 5.75 Å². The number of anilines is 1. The van der Waals surface area contributed by atoms with Crippen molar-refractivity contribution in [3.63, 3.8) is 0 Å². The fraction of sp³-hybridized carbons (Fsp3) is 0.182. The van der Waals surface area contributed by atoms with Crippen LogP contribution in [0.3, 0.4) is 0 Å². The molecular formula is C22H22FNO3. The summed E-state index contributed by atoms with van der Waals surface area (Å²) in [4.78, 5) is 25.9. The van der Waals surface area contributed by atoms with Crippen LogP contribution in [0, 0.1) is 5.82 Å². The number of methoxy groups -OCH3 is 1. The maximum atomic E-state index is 13.3. The van der Waals surface area contributed by atoms with Gasteiger partial charge in [0.05, 0.1) is 13.5 Å². The van der Waals surface area contributed by atoms with Crippen molar-refractivity contribution in [2.75, 3.05) is 26.1 Å². The molecule has 0 aliphatic carbocycles. The smallest absolute Gasteiger partial charge is 0.163 e. The summed E-state index contributed by atoms with van der Waals surface area (Å²) in [6.45, 7) is 0. The van der Waals surface area contributed by atoms with E-state index in [1.807, 2.05) is 43.3 Å². The van der Waals surface area contributed by atoms with Gasteiger partial charge in [-0.05, 0) is 54.1 Å². The summed E-state index contributed by atoms with van der Waals surface area (Å²) in [5.41, 5.74) is 2.38.